The van der Waals surface area contributed by atoms with Crippen LogP contribution in [0.15, 0.2) is 11.2 Å². The second kappa shape index (κ2) is 6.66. The van der Waals surface area contributed by atoms with Gasteiger partial charge >= 0.3 is 12.2 Å². The van der Waals surface area contributed by atoms with Crippen LogP contribution in [0.2, 0.25) is 0 Å². The van der Waals surface area contributed by atoms with Crippen molar-refractivity contribution >= 4 is 23.6 Å². The molecule has 0 aliphatic carbocycles. The molecule has 1 aromatic heterocycles. The molecule has 1 fully saturated rings. The number of carbonyl (C=O) groups excluding carboxylic acids is 1. The molecule has 2 amide bonds. The van der Waals surface area contributed by atoms with Gasteiger partial charge in [0.15, 0.2) is 16.7 Å². The van der Waals surface area contributed by atoms with Crippen molar-refractivity contribution in [2.45, 2.75) is 32.1 Å². The van der Waals surface area contributed by atoms with Gasteiger partial charge in [0.1, 0.15) is 0 Å². The second-order valence-corrected chi connectivity index (χ2v) is 7.34. The molecule has 10 heteroatoms. The number of rotatable bonds is 4. The molecule has 6 nitrogen and oxygen atoms in total. The Kier molecular flexibility index (Phi) is 5.17. The van der Waals surface area contributed by atoms with E-state index in [1.807, 2.05) is 20.8 Å². The molecule has 0 spiro atoms. The summed E-state index contributed by atoms with van der Waals surface area (Å²) in [6.45, 7) is 6.96. The van der Waals surface area contributed by atoms with Crippen molar-refractivity contribution in [1.29, 1.82) is 0 Å². The van der Waals surface area contributed by atoms with E-state index in [4.69, 9.17) is 0 Å². The highest BCUT2D eigenvalue weighted by molar-refractivity contribution is 7.98. The highest BCUT2D eigenvalue weighted by Gasteiger charge is 2.36. The van der Waals surface area contributed by atoms with E-state index in [0.717, 1.165) is 17.8 Å². The number of alkyl halides is 3. The predicted molar refractivity (Wildman–Crippen MR) is 85.7 cm³/mol. The van der Waals surface area contributed by atoms with Crippen molar-refractivity contribution in [1.82, 2.24) is 20.3 Å². The van der Waals surface area contributed by atoms with Crippen molar-refractivity contribution in [3.63, 3.8) is 0 Å². The smallest absolute Gasteiger partial charge is 0.335 e. The first-order valence-corrected chi connectivity index (χ1v) is 8.57. The van der Waals surface area contributed by atoms with E-state index in [2.05, 4.69) is 15.3 Å². The zero-order valence-corrected chi connectivity index (χ0v) is 14.8. The van der Waals surface area contributed by atoms with Crippen molar-refractivity contribution < 1.29 is 18.0 Å². The predicted octanol–water partition coefficient (Wildman–Crippen LogP) is 3.01. The van der Waals surface area contributed by atoms with Crippen LogP contribution in [0.1, 0.15) is 26.5 Å². The number of urea groups is 1. The van der Waals surface area contributed by atoms with Gasteiger partial charge in [-0.2, -0.15) is 13.2 Å². The number of nitrogens with zero attached hydrogens (tertiary/aromatic N) is 4. The van der Waals surface area contributed by atoms with Gasteiger partial charge in [-0.05, 0) is 11.7 Å². The molecule has 1 aromatic rings. The molecular formula is C14H20F3N5OS. The Bertz CT molecular complexity index is 617. The molecule has 0 saturated carbocycles. The van der Waals surface area contributed by atoms with E-state index in [0.29, 0.717) is 19.6 Å². The summed E-state index contributed by atoms with van der Waals surface area (Å²) in [5, 5.41) is 5.55. The molecule has 1 aliphatic heterocycles. The number of hydrazine groups is 1. The number of halogens is 3. The maximum absolute atomic E-state index is 13.1. The molecule has 134 valence electrons. The normalized spacial score (nSPS) is 15.6. The van der Waals surface area contributed by atoms with E-state index in [-0.39, 0.29) is 22.4 Å². The van der Waals surface area contributed by atoms with Crippen molar-refractivity contribution in [2.24, 2.45) is 5.41 Å². The number of carbonyl (C=O) groups is 1. The third-order valence-electron chi connectivity index (χ3n) is 3.18. The SMILES string of the molecule is CSc1nc(N(CC(C)(C)C)N2CCNC2=O)cc(C(F)(F)F)n1. The molecule has 0 radical (unpaired) electrons. The molecule has 2 heterocycles. The topological polar surface area (TPSA) is 61.4 Å². The van der Waals surface area contributed by atoms with Crippen LogP contribution in [0.5, 0.6) is 0 Å². The van der Waals surface area contributed by atoms with Gasteiger partial charge < -0.3 is 5.32 Å². The van der Waals surface area contributed by atoms with Gasteiger partial charge in [0.05, 0.1) is 6.54 Å². The third kappa shape index (κ3) is 4.43. The molecule has 0 bridgehead atoms. The average molecular weight is 363 g/mol. The number of nitrogens with one attached hydrogen (secondary N) is 1. The van der Waals surface area contributed by atoms with E-state index in [1.54, 1.807) is 6.26 Å². The number of anilines is 1. The summed E-state index contributed by atoms with van der Waals surface area (Å²) in [5.74, 6) is 0.0636. The van der Waals surface area contributed by atoms with E-state index < -0.39 is 11.9 Å². The summed E-state index contributed by atoms with van der Waals surface area (Å²) in [5.41, 5.74) is -1.28. The lowest BCUT2D eigenvalue weighted by Crippen LogP contribution is -2.49. The zero-order chi connectivity index (χ0) is 18.1. The zero-order valence-electron chi connectivity index (χ0n) is 13.9. The van der Waals surface area contributed by atoms with Gasteiger partial charge in [-0.3, -0.25) is 5.01 Å². The quantitative estimate of drug-likeness (QED) is 0.658. The lowest BCUT2D eigenvalue weighted by Gasteiger charge is -2.36. The van der Waals surface area contributed by atoms with Crippen LogP contribution in [0.3, 0.4) is 0 Å². The Morgan fingerprint density at radius 3 is 2.46 bits per heavy atom. The van der Waals surface area contributed by atoms with Gasteiger partial charge in [0.2, 0.25) is 0 Å². The van der Waals surface area contributed by atoms with E-state index in [9.17, 15) is 18.0 Å². The van der Waals surface area contributed by atoms with Crippen molar-refractivity contribution in [3.05, 3.63) is 11.8 Å². The molecule has 0 atom stereocenters. The monoisotopic (exact) mass is 363 g/mol. The van der Waals surface area contributed by atoms with Gasteiger partial charge in [0, 0.05) is 19.2 Å². The highest BCUT2D eigenvalue weighted by atomic mass is 32.2. The van der Waals surface area contributed by atoms with Gasteiger partial charge in [-0.15, -0.1) is 0 Å². The Hall–Kier alpha value is -1.71. The summed E-state index contributed by atoms with van der Waals surface area (Å²) in [7, 11) is 0. The van der Waals surface area contributed by atoms with Crippen molar-refractivity contribution in [2.75, 3.05) is 30.9 Å². The molecule has 1 saturated heterocycles. The van der Waals surface area contributed by atoms with Crippen LogP contribution >= 0.6 is 11.8 Å². The first-order valence-electron chi connectivity index (χ1n) is 7.34. The summed E-state index contributed by atoms with van der Waals surface area (Å²) in [4.78, 5) is 19.7. The number of amides is 2. The fourth-order valence-corrected chi connectivity index (χ4v) is 2.59. The van der Waals surface area contributed by atoms with Crippen LogP contribution in [0, 0.1) is 5.41 Å². The van der Waals surface area contributed by atoms with Gasteiger partial charge in [-0.1, -0.05) is 32.5 Å². The summed E-state index contributed by atoms with van der Waals surface area (Å²) in [6, 6.07) is 0.536. The lowest BCUT2D eigenvalue weighted by molar-refractivity contribution is -0.141. The summed E-state index contributed by atoms with van der Waals surface area (Å²) in [6.07, 6.45) is -2.97. The Labute approximate surface area is 142 Å². The maximum Gasteiger partial charge on any atom is 0.433 e. The van der Waals surface area contributed by atoms with Gasteiger partial charge in [0.25, 0.3) is 0 Å². The number of hydrogen-bond acceptors (Lipinski definition) is 5. The van der Waals surface area contributed by atoms with Crippen LogP contribution < -0.4 is 10.3 Å². The molecule has 0 unspecified atom stereocenters. The summed E-state index contributed by atoms with van der Waals surface area (Å²) >= 11 is 1.02. The largest absolute Gasteiger partial charge is 0.433 e. The van der Waals surface area contributed by atoms with Crippen molar-refractivity contribution in [3.8, 4) is 0 Å². The third-order valence-corrected chi connectivity index (χ3v) is 3.73. The maximum atomic E-state index is 13.1. The van der Waals surface area contributed by atoms with Gasteiger partial charge in [-0.25, -0.2) is 19.8 Å². The average Bonchev–Trinajstić information content (AvgIpc) is 2.88. The first kappa shape index (κ1) is 18.6. The molecule has 1 aliphatic rings. The number of thioether (sulfide) groups is 1. The minimum absolute atomic E-state index is 0.0124. The van der Waals surface area contributed by atoms with E-state index >= 15 is 0 Å². The minimum Gasteiger partial charge on any atom is -0.335 e. The highest BCUT2D eigenvalue weighted by Crippen LogP contribution is 2.32. The molecule has 0 aromatic carbocycles. The fourth-order valence-electron chi connectivity index (χ4n) is 2.21. The number of aromatic nitrogens is 2. The van der Waals surface area contributed by atoms with Crippen LogP contribution in [0.4, 0.5) is 23.8 Å². The van der Waals surface area contributed by atoms with Crippen LogP contribution in [0.25, 0.3) is 0 Å². The Morgan fingerprint density at radius 1 is 1.33 bits per heavy atom. The second-order valence-electron chi connectivity index (χ2n) is 6.57. The Balaban J connectivity index is 2.50. The first-order chi connectivity index (χ1) is 11.0. The molecular weight excluding hydrogens is 343 g/mol. The van der Waals surface area contributed by atoms with Crippen LogP contribution in [-0.2, 0) is 6.18 Å². The molecule has 1 N–H and O–H groups in total. The summed E-state index contributed by atoms with van der Waals surface area (Å²) < 4.78 is 39.4. The molecule has 24 heavy (non-hydrogen) atoms. The number of hydrogen-bond donors (Lipinski definition) is 1. The lowest BCUT2D eigenvalue weighted by atomic mass is 9.96. The molecule has 2 rings (SSSR count). The fraction of sp³-hybridized carbons (Fsp3) is 0.643. The minimum atomic E-state index is -4.58. The van der Waals surface area contributed by atoms with E-state index in [1.165, 1.54) is 10.0 Å². The standard InChI is InChI=1S/C14H20F3N5OS/c1-13(2,3)8-22(21-6-5-18-12(21)23)10-7-9(14(15,16)17)19-11(20-10)24-4/h7H,5-6,8H2,1-4H3,(H,18,23). The van der Waals surface area contributed by atoms with Crippen LogP contribution in [-0.4, -0.2) is 46.9 Å². The Morgan fingerprint density at radius 2 is 2.00 bits per heavy atom.